The number of hydrogen-bond donors (Lipinski definition) is 0. The fraction of sp³-hybridized carbons (Fsp3) is 0.630. The Labute approximate surface area is 185 Å². The monoisotopic (exact) mass is 434 g/mol. The molecule has 1 aromatic carbocycles. The van der Waals surface area contributed by atoms with Gasteiger partial charge in [-0.25, -0.2) is 0 Å². The second-order valence-corrected chi connectivity index (χ2v) is 9.67. The first-order valence-electron chi connectivity index (χ1n) is 12.0. The van der Waals surface area contributed by atoms with E-state index in [0.29, 0.717) is 12.3 Å². The van der Waals surface area contributed by atoms with E-state index < -0.39 is 12.0 Å². The molecule has 0 amide bonds. The van der Waals surface area contributed by atoms with Crippen LogP contribution in [0.4, 0.5) is 13.2 Å². The number of rotatable bonds is 9. The Balaban J connectivity index is 1.55. The van der Waals surface area contributed by atoms with Gasteiger partial charge in [-0.05, 0) is 36.2 Å². The molecule has 3 rings (SSSR count). The molecule has 0 aromatic heterocycles. The summed E-state index contributed by atoms with van der Waals surface area (Å²) in [6.45, 7) is 4.57. The van der Waals surface area contributed by atoms with E-state index in [-0.39, 0.29) is 5.92 Å². The lowest BCUT2D eigenvalue weighted by Crippen LogP contribution is -2.36. The third kappa shape index (κ3) is 7.52. The van der Waals surface area contributed by atoms with E-state index in [0.717, 1.165) is 36.7 Å². The van der Waals surface area contributed by atoms with Crippen molar-refractivity contribution < 1.29 is 17.9 Å². The zero-order valence-corrected chi connectivity index (χ0v) is 18.9. The molecule has 0 heterocycles. The summed E-state index contributed by atoms with van der Waals surface area (Å²) < 4.78 is 44.3. The van der Waals surface area contributed by atoms with Gasteiger partial charge in [-0.1, -0.05) is 113 Å². The highest BCUT2D eigenvalue weighted by Gasteiger charge is 2.42. The van der Waals surface area contributed by atoms with Gasteiger partial charge in [-0.3, -0.25) is 4.74 Å². The quantitative estimate of drug-likeness (QED) is 0.354. The molecule has 0 bridgehead atoms. The number of alkyl halides is 3. The SMILES string of the molecule is CCC(C)CCC1CCC(CCC2(OC(F)(F)F)C=CC(c3ccccc3)C=C2)CC1. The van der Waals surface area contributed by atoms with Crippen LogP contribution < -0.4 is 0 Å². The van der Waals surface area contributed by atoms with Gasteiger partial charge in [0.15, 0.2) is 0 Å². The summed E-state index contributed by atoms with van der Waals surface area (Å²) in [5, 5.41) is 0. The first-order valence-corrected chi connectivity index (χ1v) is 12.0. The van der Waals surface area contributed by atoms with Crippen LogP contribution in [0, 0.1) is 17.8 Å². The highest BCUT2D eigenvalue weighted by molar-refractivity contribution is 5.35. The fourth-order valence-electron chi connectivity index (χ4n) is 5.01. The third-order valence-electron chi connectivity index (χ3n) is 7.34. The lowest BCUT2D eigenvalue weighted by molar-refractivity contribution is -0.351. The van der Waals surface area contributed by atoms with Crippen LogP contribution in [0.2, 0.25) is 0 Å². The largest absolute Gasteiger partial charge is 0.523 e. The first kappa shape index (κ1) is 24.1. The molecule has 1 atom stereocenters. The van der Waals surface area contributed by atoms with E-state index in [4.69, 9.17) is 0 Å². The molecule has 0 N–H and O–H groups in total. The maximum atomic E-state index is 13.2. The van der Waals surface area contributed by atoms with Crippen molar-refractivity contribution in [2.24, 2.45) is 17.8 Å². The molecule has 0 spiro atoms. The van der Waals surface area contributed by atoms with Crippen molar-refractivity contribution in [3.05, 3.63) is 60.2 Å². The van der Waals surface area contributed by atoms with Gasteiger partial charge >= 0.3 is 6.36 Å². The van der Waals surface area contributed by atoms with Crippen molar-refractivity contribution in [3.63, 3.8) is 0 Å². The lowest BCUT2D eigenvalue weighted by atomic mass is 9.75. The minimum Gasteiger partial charge on any atom is -0.277 e. The predicted molar refractivity (Wildman–Crippen MR) is 121 cm³/mol. The Bertz CT molecular complexity index is 700. The highest BCUT2D eigenvalue weighted by atomic mass is 19.4. The van der Waals surface area contributed by atoms with Crippen LogP contribution in [0.3, 0.4) is 0 Å². The van der Waals surface area contributed by atoms with E-state index >= 15 is 0 Å². The second-order valence-electron chi connectivity index (χ2n) is 9.67. The molecule has 4 heteroatoms. The average molecular weight is 435 g/mol. The summed E-state index contributed by atoms with van der Waals surface area (Å²) in [5.41, 5.74) is -0.303. The number of allylic oxidation sites excluding steroid dienone is 2. The molecule has 1 nitrogen and oxygen atoms in total. The Morgan fingerprint density at radius 2 is 1.55 bits per heavy atom. The van der Waals surface area contributed by atoms with Gasteiger partial charge in [-0.2, -0.15) is 0 Å². The van der Waals surface area contributed by atoms with Gasteiger partial charge in [0.25, 0.3) is 0 Å². The van der Waals surface area contributed by atoms with E-state index in [1.165, 1.54) is 32.1 Å². The maximum absolute atomic E-state index is 13.2. The molecule has 0 aliphatic heterocycles. The van der Waals surface area contributed by atoms with E-state index in [1.54, 1.807) is 12.2 Å². The van der Waals surface area contributed by atoms with Crippen LogP contribution in [0.5, 0.6) is 0 Å². The molecular formula is C27H37F3O. The lowest BCUT2D eigenvalue weighted by Gasteiger charge is -2.35. The molecule has 0 radical (unpaired) electrons. The van der Waals surface area contributed by atoms with Crippen LogP contribution >= 0.6 is 0 Å². The normalized spacial score (nSPS) is 29.8. The van der Waals surface area contributed by atoms with Gasteiger partial charge in [0.1, 0.15) is 5.60 Å². The van der Waals surface area contributed by atoms with Gasteiger partial charge in [0.2, 0.25) is 0 Å². The summed E-state index contributed by atoms with van der Waals surface area (Å²) in [7, 11) is 0. The zero-order valence-electron chi connectivity index (χ0n) is 18.9. The van der Waals surface area contributed by atoms with Crippen molar-refractivity contribution in [2.75, 3.05) is 0 Å². The van der Waals surface area contributed by atoms with Crippen LogP contribution in [-0.2, 0) is 4.74 Å². The summed E-state index contributed by atoms with van der Waals surface area (Å²) in [5.74, 6) is 2.09. The number of benzene rings is 1. The van der Waals surface area contributed by atoms with Gasteiger partial charge in [0.05, 0.1) is 0 Å². The standard InChI is InChI=1S/C27H37F3O/c1-3-21(2)9-10-22-11-13-23(14-12-22)15-18-26(31-27(28,29)30)19-16-25(17-20-26)24-7-5-4-6-8-24/h4-8,16-17,19-23,25H,3,9-15,18H2,1-2H3. The smallest absolute Gasteiger partial charge is 0.277 e. The minimum atomic E-state index is -4.65. The molecule has 1 unspecified atom stereocenters. The average Bonchev–Trinajstić information content (AvgIpc) is 2.77. The summed E-state index contributed by atoms with van der Waals surface area (Å²) in [4.78, 5) is 0. The molecule has 2 aliphatic carbocycles. The van der Waals surface area contributed by atoms with Crippen molar-refractivity contribution in [1.29, 1.82) is 0 Å². The van der Waals surface area contributed by atoms with E-state index in [2.05, 4.69) is 18.6 Å². The van der Waals surface area contributed by atoms with Gasteiger partial charge in [-0.15, -0.1) is 13.2 Å². The van der Waals surface area contributed by atoms with E-state index in [9.17, 15) is 13.2 Å². The molecule has 2 aliphatic rings. The molecular weight excluding hydrogens is 397 g/mol. The Hall–Kier alpha value is -1.55. The molecule has 0 saturated heterocycles. The van der Waals surface area contributed by atoms with Crippen molar-refractivity contribution in [3.8, 4) is 0 Å². The van der Waals surface area contributed by atoms with E-state index in [1.807, 2.05) is 42.5 Å². The van der Waals surface area contributed by atoms with Crippen molar-refractivity contribution in [2.45, 2.75) is 89.5 Å². The van der Waals surface area contributed by atoms with Crippen LogP contribution in [0.1, 0.15) is 83.1 Å². The first-order chi connectivity index (χ1) is 14.8. The zero-order chi connectivity index (χ0) is 22.3. The Morgan fingerprint density at radius 3 is 2.10 bits per heavy atom. The number of ether oxygens (including phenoxy) is 1. The van der Waals surface area contributed by atoms with Gasteiger partial charge in [0, 0.05) is 5.92 Å². The topological polar surface area (TPSA) is 9.23 Å². The van der Waals surface area contributed by atoms with Crippen molar-refractivity contribution >= 4 is 0 Å². The second kappa shape index (κ2) is 10.8. The third-order valence-corrected chi connectivity index (χ3v) is 7.34. The summed E-state index contributed by atoms with van der Waals surface area (Å²) in [6.07, 6.45) is 12.0. The molecule has 1 aromatic rings. The maximum Gasteiger partial charge on any atom is 0.523 e. The van der Waals surface area contributed by atoms with Crippen LogP contribution in [-0.4, -0.2) is 12.0 Å². The number of halogens is 3. The van der Waals surface area contributed by atoms with Crippen molar-refractivity contribution in [1.82, 2.24) is 0 Å². The fourth-order valence-corrected chi connectivity index (χ4v) is 5.01. The number of hydrogen-bond acceptors (Lipinski definition) is 1. The Kier molecular flexibility index (Phi) is 8.43. The molecule has 172 valence electrons. The van der Waals surface area contributed by atoms with Crippen LogP contribution in [0.15, 0.2) is 54.6 Å². The molecule has 1 fully saturated rings. The summed E-state index contributed by atoms with van der Waals surface area (Å²) >= 11 is 0. The van der Waals surface area contributed by atoms with Crippen LogP contribution in [0.25, 0.3) is 0 Å². The highest BCUT2D eigenvalue weighted by Crippen LogP contribution is 2.40. The Morgan fingerprint density at radius 1 is 0.968 bits per heavy atom. The van der Waals surface area contributed by atoms with Gasteiger partial charge < -0.3 is 0 Å². The molecule has 1 saturated carbocycles. The molecule has 31 heavy (non-hydrogen) atoms. The predicted octanol–water partition coefficient (Wildman–Crippen LogP) is 8.58. The minimum absolute atomic E-state index is 0.00731. The summed E-state index contributed by atoms with van der Waals surface area (Å²) in [6, 6.07) is 9.83.